The topological polar surface area (TPSA) is 81.4 Å². The van der Waals surface area contributed by atoms with Gasteiger partial charge in [-0.15, -0.1) is 10.2 Å². The third-order valence-electron chi connectivity index (χ3n) is 5.88. The summed E-state index contributed by atoms with van der Waals surface area (Å²) in [5, 5.41) is 13.7. The minimum atomic E-state index is -0.241. The Morgan fingerprint density at radius 3 is 2.42 bits per heavy atom. The number of nitrogens with zero attached hydrogens (tertiary/aromatic N) is 4. The Hall–Kier alpha value is -3.91. The van der Waals surface area contributed by atoms with E-state index in [1.165, 1.54) is 17.3 Å². The van der Waals surface area contributed by atoms with Crippen molar-refractivity contribution < 1.29 is 9.53 Å². The molecule has 196 valence electrons. The number of nitrogens with one attached hydrogen (secondary N) is 1. The molecular weight excluding hydrogens is 494 g/mol. The zero-order valence-corrected chi connectivity index (χ0v) is 23.2. The summed E-state index contributed by atoms with van der Waals surface area (Å²) in [7, 11) is 0. The van der Waals surface area contributed by atoms with Crippen LogP contribution in [0, 0.1) is 6.92 Å². The third-order valence-corrected chi connectivity index (χ3v) is 6.81. The monoisotopic (exact) mass is 527 g/mol. The van der Waals surface area contributed by atoms with E-state index in [1.807, 2.05) is 47.9 Å². The second-order valence-corrected chi connectivity index (χ2v) is 10.8. The van der Waals surface area contributed by atoms with Crippen molar-refractivity contribution in [3.05, 3.63) is 89.5 Å². The molecule has 0 unspecified atom stereocenters. The first-order valence-corrected chi connectivity index (χ1v) is 13.5. The molecule has 1 aromatic heterocycles. The molecule has 4 aromatic rings. The number of hydrazone groups is 1. The number of hydrogen-bond donors (Lipinski definition) is 1. The van der Waals surface area contributed by atoms with Gasteiger partial charge in [0.25, 0.3) is 5.91 Å². The first-order chi connectivity index (χ1) is 18.3. The van der Waals surface area contributed by atoms with Crippen LogP contribution in [0.15, 0.2) is 83.1 Å². The Morgan fingerprint density at radius 2 is 1.74 bits per heavy atom. The molecule has 0 aliphatic carbocycles. The minimum Gasteiger partial charge on any atom is -0.493 e. The van der Waals surface area contributed by atoms with E-state index in [1.54, 1.807) is 6.21 Å². The summed E-state index contributed by atoms with van der Waals surface area (Å²) in [6.07, 6.45) is 1.59. The van der Waals surface area contributed by atoms with Crippen LogP contribution in [0.1, 0.15) is 44.4 Å². The Bertz CT molecular complexity index is 1400. The lowest BCUT2D eigenvalue weighted by Gasteiger charge is -2.19. The Balaban J connectivity index is 1.52. The van der Waals surface area contributed by atoms with Crippen molar-refractivity contribution in [3.8, 4) is 22.8 Å². The lowest BCUT2D eigenvalue weighted by atomic mass is 9.87. The number of aromatic nitrogens is 3. The summed E-state index contributed by atoms with van der Waals surface area (Å²) in [5.41, 5.74) is 7.75. The zero-order chi connectivity index (χ0) is 27.1. The van der Waals surface area contributed by atoms with Gasteiger partial charge in [-0.25, -0.2) is 5.43 Å². The number of carbonyl (C=O) groups is 1. The molecule has 0 bridgehead atoms. The van der Waals surface area contributed by atoms with Gasteiger partial charge in [-0.2, -0.15) is 5.10 Å². The van der Waals surface area contributed by atoms with Crippen molar-refractivity contribution >= 4 is 23.9 Å². The molecule has 0 saturated heterocycles. The molecule has 0 fully saturated rings. The summed E-state index contributed by atoms with van der Waals surface area (Å²) < 4.78 is 7.59. The molecule has 0 radical (unpaired) electrons. The number of para-hydroxylation sites is 1. The SMILES string of the molecule is CCOc1ccccc1/C=N/NC(=O)CSc1nnc(-c2ccc(C(C)(C)C)cc2)n1-c1ccc(C)cc1. The third kappa shape index (κ3) is 6.69. The highest BCUT2D eigenvalue weighted by molar-refractivity contribution is 7.99. The van der Waals surface area contributed by atoms with Crippen molar-refractivity contribution in [2.24, 2.45) is 5.10 Å². The van der Waals surface area contributed by atoms with Gasteiger partial charge < -0.3 is 4.74 Å². The molecule has 4 rings (SSSR count). The van der Waals surface area contributed by atoms with E-state index in [9.17, 15) is 4.79 Å². The molecule has 0 saturated carbocycles. The maximum Gasteiger partial charge on any atom is 0.250 e. The van der Waals surface area contributed by atoms with E-state index in [2.05, 4.69) is 84.8 Å². The van der Waals surface area contributed by atoms with Gasteiger partial charge in [0.2, 0.25) is 0 Å². The second kappa shape index (κ2) is 12.1. The van der Waals surface area contributed by atoms with Crippen molar-refractivity contribution in [1.82, 2.24) is 20.2 Å². The normalized spacial score (nSPS) is 11.6. The summed E-state index contributed by atoms with van der Waals surface area (Å²) in [5.74, 6) is 1.34. The van der Waals surface area contributed by atoms with E-state index in [4.69, 9.17) is 4.74 Å². The molecule has 1 N–H and O–H groups in total. The fourth-order valence-corrected chi connectivity index (χ4v) is 4.55. The van der Waals surface area contributed by atoms with Crippen molar-refractivity contribution in [3.63, 3.8) is 0 Å². The average Bonchev–Trinajstić information content (AvgIpc) is 3.32. The Labute approximate surface area is 228 Å². The first-order valence-electron chi connectivity index (χ1n) is 12.6. The summed E-state index contributed by atoms with van der Waals surface area (Å²) in [4.78, 5) is 12.6. The number of thioether (sulfide) groups is 1. The second-order valence-electron chi connectivity index (χ2n) is 9.86. The summed E-state index contributed by atoms with van der Waals surface area (Å²) in [6.45, 7) is 11.1. The number of amides is 1. The Kier molecular flexibility index (Phi) is 8.63. The fraction of sp³-hybridized carbons (Fsp3) is 0.267. The van der Waals surface area contributed by atoms with Crippen LogP contribution < -0.4 is 10.2 Å². The predicted octanol–water partition coefficient (Wildman–Crippen LogP) is 6.18. The van der Waals surface area contributed by atoms with Crippen LogP contribution in [0.25, 0.3) is 17.1 Å². The van der Waals surface area contributed by atoms with Crippen LogP contribution in [0.4, 0.5) is 0 Å². The molecule has 3 aromatic carbocycles. The van der Waals surface area contributed by atoms with Gasteiger partial charge in [0.1, 0.15) is 5.75 Å². The number of benzene rings is 3. The van der Waals surface area contributed by atoms with Crippen LogP contribution in [0.5, 0.6) is 5.75 Å². The van der Waals surface area contributed by atoms with Gasteiger partial charge in [0.15, 0.2) is 11.0 Å². The van der Waals surface area contributed by atoms with Gasteiger partial charge in [-0.05, 0) is 49.1 Å². The standard InChI is InChI=1S/C30H33N5O2S/c1-6-37-26-10-8-7-9-23(26)19-31-32-27(36)20-38-29-34-33-28(35(29)25-17-11-21(2)12-18-25)22-13-15-24(16-14-22)30(3,4)5/h7-19H,6,20H2,1-5H3,(H,32,36)/b31-19+. The van der Waals surface area contributed by atoms with E-state index < -0.39 is 0 Å². The molecule has 38 heavy (non-hydrogen) atoms. The van der Waals surface area contributed by atoms with Crippen LogP contribution >= 0.6 is 11.8 Å². The maximum atomic E-state index is 12.6. The summed E-state index contributed by atoms with van der Waals surface area (Å²) in [6, 6.07) is 24.1. The predicted molar refractivity (Wildman–Crippen MR) is 154 cm³/mol. The zero-order valence-electron chi connectivity index (χ0n) is 22.4. The maximum absolute atomic E-state index is 12.6. The molecule has 0 aliphatic heterocycles. The van der Waals surface area contributed by atoms with Gasteiger partial charge in [-0.3, -0.25) is 9.36 Å². The van der Waals surface area contributed by atoms with E-state index in [-0.39, 0.29) is 17.1 Å². The van der Waals surface area contributed by atoms with Gasteiger partial charge in [0.05, 0.1) is 18.6 Å². The molecule has 7 nitrogen and oxygen atoms in total. The fourth-order valence-electron chi connectivity index (χ4n) is 3.81. The number of rotatable bonds is 9. The Morgan fingerprint density at radius 1 is 1.03 bits per heavy atom. The molecule has 0 atom stereocenters. The molecule has 1 amide bonds. The highest BCUT2D eigenvalue weighted by Crippen LogP contribution is 2.30. The number of aryl methyl sites for hydroxylation is 1. The first kappa shape index (κ1) is 27.1. The van der Waals surface area contributed by atoms with E-state index in [0.29, 0.717) is 11.8 Å². The lowest BCUT2D eigenvalue weighted by molar-refractivity contribution is -0.118. The van der Waals surface area contributed by atoms with Crippen molar-refractivity contribution in [1.29, 1.82) is 0 Å². The minimum absolute atomic E-state index is 0.0606. The molecule has 0 spiro atoms. The molecule has 8 heteroatoms. The van der Waals surface area contributed by atoms with Gasteiger partial charge >= 0.3 is 0 Å². The lowest BCUT2D eigenvalue weighted by Crippen LogP contribution is -2.20. The number of hydrogen-bond acceptors (Lipinski definition) is 6. The smallest absolute Gasteiger partial charge is 0.250 e. The average molecular weight is 528 g/mol. The van der Waals surface area contributed by atoms with Crippen LogP contribution in [-0.4, -0.2) is 39.2 Å². The van der Waals surface area contributed by atoms with Gasteiger partial charge in [0, 0.05) is 16.8 Å². The summed E-state index contributed by atoms with van der Waals surface area (Å²) >= 11 is 1.31. The molecule has 0 aliphatic rings. The van der Waals surface area contributed by atoms with Gasteiger partial charge in [-0.1, -0.05) is 86.6 Å². The van der Waals surface area contributed by atoms with Crippen LogP contribution in [-0.2, 0) is 10.2 Å². The quantitative estimate of drug-likeness (QED) is 0.160. The van der Waals surface area contributed by atoms with Crippen molar-refractivity contribution in [2.45, 2.75) is 45.2 Å². The number of ether oxygens (including phenoxy) is 1. The van der Waals surface area contributed by atoms with Crippen LogP contribution in [0.2, 0.25) is 0 Å². The molecule has 1 heterocycles. The van der Waals surface area contributed by atoms with Crippen LogP contribution in [0.3, 0.4) is 0 Å². The van der Waals surface area contributed by atoms with Crippen molar-refractivity contribution in [2.75, 3.05) is 12.4 Å². The largest absolute Gasteiger partial charge is 0.493 e. The number of carbonyl (C=O) groups excluding carboxylic acids is 1. The highest BCUT2D eigenvalue weighted by Gasteiger charge is 2.19. The van der Waals surface area contributed by atoms with E-state index >= 15 is 0 Å². The highest BCUT2D eigenvalue weighted by atomic mass is 32.2. The van der Waals surface area contributed by atoms with E-state index in [0.717, 1.165) is 34.0 Å². The molecular formula is C30H33N5O2S.